The van der Waals surface area contributed by atoms with Crippen LogP contribution in [0.2, 0.25) is 5.02 Å². The maximum absolute atomic E-state index is 12.6. The topological polar surface area (TPSA) is 63.4 Å². The number of nitrogens with zero attached hydrogens (tertiary/aromatic N) is 1. The Hall–Kier alpha value is -1.56. The largest absolute Gasteiger partial charge is 0.399 e. The van der Waals surface area contributed by atoms with Crippen molar-refractivity contribution in [2.45, 2.75) is 18.4 Å². The lowest BCUT2D eigenvalue weighted by molar-refractivity contribution is 0.466. The number of halogens is 1. The van der Waals surface area contributed by atoms with Crippen molar-refractivity contribution >= 4 is 27.3 Å². The number of anilines is 1. The van der Waals surface area contributed by atoms with Crippen LogP contribution in [0.4, 0.5) is 5.69 Å². The molecule has 0 saturated heterocycles. The maximum atomic E-state index is 12.6. The third-order valence-electron chi connectivity index (χ3n) is 3.13. The number of nitrogen functional groups attached to an aromatic ring is 1. The maximum Gasteiger partial charge on any atom is 0.244 e. The molecule has 0 bridgehead atoms. The second kappa shape index (κ2) is 6.05. The predicted octanol–water partition coefficient (Wildman–Crippen LogP) is 3.05. The molecule has 112 valence electrons. The number of sulfonamides is 1. The summed E-state index contributed by atoms with van der Waals surface area (Å²) in [5.41, 5.74) is 8.04. The van der Waals surface area contributed by atoms with Gasteiger partial charge in [-0.05, 0) is 30.7 Å². The highest BCUT2D eigenvalue weighted by Crippen LogP contribution is 2.26. The molecule has 2 N–H and O–H groups in total. The smallest absolute Gasteiger partial charge is 0.244 e. The van der Waals surface area contributed by atoms with Crippen LogP contribution < -0.4 is 5.73 Å². The molecule has 0 aliphatic rings. The zero-order valence-corrected chi connectivity index (χ0v) is 13.4. The normalized spacial score (nSPS) is 11.8. The highest BCUT2D eigenvalue weighted by Gasteiger charge is 2.23. The fourth-order valence-corrected chi connectivity index (χ4v) is 3.73. The van der Waals surface area contributed by atoms with Crippen molar-refractivity contribution in [3.8, 4) is 0 Å². The number of nitrogens with two attached hydrogens (primary N) is 1. The molecule has 4 nitrogen and oxygen atoms in total. The first-order valence-electron chi connectivity index (χ1n) is 6.37. The molecule has 2 aromatic carbocycles. The summed E-state index contributed by atoms with van der Waals surface area (Å²) in [6, 6.07) is 12.1. The molecule has 0 aliphatic carbocycles. The van der Waals surface area contributed by atoms with Gasteiger partial charge in [-0.15, -0.1) is 0 Å². The summed E-state index contributed by atoms with van der Waals surface area (Å²) in [5.74, 6) is 0. The van der Waals surface area contributed by atoms with Crippen LogP contribution in [0, 0.1) is 6.92 Å². The lowest BCUT2D eigenvalue weighted by Gasteiger charge is -2.18. The van der Waals surface area contributed by atoms with Crippen molar-refractivity contribution in [3.63, 3.8) is 0 Å². The SMILES string of the molecule is Cc1cccc(CN(C)S(=O)(=O)c2ccc(N)cc2Cl)c1. The van der Waals surface area contributed by atoms with Crippen LogP contribution >= 0.6 is 11.6 Å². The van der Waals surface area contributed by atoms with Gasteiger partial charge in [0.05, 0.1) is 5.02 Å². The Morgan fingerprint density at radius 3 is 2.52 bits per heavy atom. The molecule has 2 rings (SSSR count). The van der Waals surface area contributed by atoms with Gasteiger partial charge in [-0.1, -0.05) is 41.4 Å². The van der Waals surface area contributed by atoms with Crippen molar-refractivity contribution < 1.29 is 8.42 Å². The van der Waals surface area contributed by atoms with Gasteiger partial charge in [0.1, 0.15) is 4.90 Å². The van der Waals surface area contributed by atoms with Crippen molar-refractivity contribution in [1.29, 1.82) is 0 Å². The fourth-order valence-electron chi connectivity index (χ4n) is 2.05. The molecule has 0 amide bonds. The minimum atomic E-state index is -3.65. The van der Waals surface area contributed by atoms with Crippen LogP contribution in [0.25, 0.3) is 0 Å². The van der Waals surface area contributed by atoms with E-state index in [-0.39, 0.29) is 16.5 Å². The molecule has 0 aliphatic heterocycles. The van der Waals surface area contributed by atoms with E-state index >= 15 is 0 Å². The van der Waals surface area contributed by atoms with Gasteiger partial charge in [-0.25, -0.2) is 8.42 Å². The first kappa shape index (κ1) is 15.8. The first-order chi connectivity index (χ1) is 9.80. The number of hydrogen-bond donors (Lipinski definition) is 1. The van der Waals surface area contributed by atoms with Gasteiger partial charge in [0.15, 0.2) is 0 Å². The van der Waals surface area contributed by atoms with E-state index in [1.165, 1.54) is 29.6 Å². The number of aryl methyl sites for hydroxylation is 1. The molecule has 0 fully saturated rings. The average molecular weight is 325 g/mol. The van der Waals surface area contributed by atoms with Gasteiger partial charge in [-0.2, -0.15) is 4.31 Å². The standard InChI is InChI=1S/C15H17ClN2O2S/c1-11-4-3-5-12(8-11)10-18(2)21(19,20)15-7-6-13(17)9-14(15)16/h3-9H,10,17H2,1-2H3. The zero-order valence-electron chi connectivity index (χ0n) is 11.9. The van der Waals surface area contributed by atoms with Gasteiger partial charge >= 0.3 is 0 Å². The van der Waals surface area contributed by atoms with Gasteiger partial charge in [0.2, 0.25) is 10.0 Å². The molecule has 0 heterocycles. The van der Waals surface area contributed by atoms with E-state index in [1.807, 2.05) is 31.2 Å². The minimum Gasteiger partial charge on any atom is -0.399 e. The summed E-state index contributed by atoms with van der Waals surface area (Å²) in [6.07, 6.45) is 0. The van der Waals surface area contributed by atoms with Crippen molar-refractivity contribution in [1.82, 2.24) is 4.31 Å². The van der Waals surface area contributed by atoms with E-state index in [0.717, 1.165) is 11.1 Å². The Balaban J connectivity index is 2.30. The van der Waals surface area contributed by atoms with Crippen LogP contribution in [0.15, 0.2) is 47.4 Å². The first-order valence-corrected chi connectivity index (χ1v) is 8.19. The Bertz CT molecular complexity index is 760. The van der Waals surface area contributed by atoms with Crippen LogP contribution in [0.3, 0.4) is 0 Å². The van der Waals surface area contributed by atoms with Crippen LogP contribution in [0.1, 0.15) is 11.1 Å². The molecule has 0 aromatic heterocycles. The lowest BCUT2D eigenvalue weighted by atomic mass is 10.1. The van der Waals surface area contributed by atoms with Crippen LogP contribution in [-0.4, -0.2) is 19.8 Å². The van der Waals surface area contributed by atoms with Crippen LogP contribution in [-0.2, 0) is 16.6 Å². The zero-order chi connectivity index (χ0) is 15.6. The van der Waals surface area contributed by atoms with Gasteiger partial charge < -0.3 is 5.73 Å². The van der Waals surface area contributed by atoms with Crippen LogP contribution in [0.5, 0.6) is 0 Å². The highest BCUT2D eigenvalue weighted by atomic mass is 35.5. The minimum absolute atomic E-state index is 0.0634. The van der Waals surface area contributed by atoms with E-state index in [0.29, 0.717) is 5.69 Å². The summed E-state index contributed by atoms with van der Waals surface area (Å²) in [5, 5.41) is 0.131. The molecule has 0 unspecified atom stereocenters. The Labute approximate surface area is 130 Å². The summed E-state index contributed by atoms with van der Waals surface area (Å²) in [6.45, 7) is 2.25. The van der Waals surface area contributed by atoms with E-state index in [2.05, 4.69) is 0 Å². The Morgan fingerprint density at radius 1 is 1.19 bits per heavy atom. The summed E-state index contributed by atoms with van der Waals surface area (Å²) in [7, 11) is -2.12. The molecule has 0 atom stereocenters. The molecule has 0 saturated carbocycles. The molecule has 6 heteroatoms. The molecule has 21 heavy (non-hydrogen) atoms. The molecule has 0 radical (unpaired) electrons. The van der Waals surface area contributed by atoms with Crippen molar-refractivity contribution in [2.24, 2.45) is 0 Å². The summed E-state index contributed by atoms with van der Waals surface area (Å²) in [4.78, 5) is 0.0634. The second-order valence-corrected chi connectivity index (χ2v) is 7.36. The number of rotatable bonds is 4. The number of benzene rings is 2. The highest BCUT2D eigenvalue weighted by molar-refractivity contribution is 7.89. The summed E-state index contributed by atoms with van der Waals surface area (Å²) >= 11 is 6.00. The number of hydrogen-bond acceptors (Lipinski definition) is 3. The fraction of sp³-hybridized carbons (Fsp3) is 0.200. The quantitative estimate of drug-likeness (QED) is 0.879. The molecule has 0 spiro atoms. The van der Waals surface area contributed by atoms with Gasteiger partial charge in [0, 0.05) is 19.3 Å². The van der Waals surface area contributed by atoms with E-state index in [4.69, 9.17) is 17.3 Å². The molecular weight excluding hydrogens is 308 g/mol. The summed E-state index contributed by atoms with van der Waals surface area (Å²) < 4.78 is 26.4. The molecule has 2 aromatic rings. The third kappa shape index (κ3) is 3.56. The van der Waals surface area contributed by atoms with E-state index in [9.17, 15) is 8.42 Å². The van der Waals surface area contributed by atoms with Crippen molar-refractivity contribution in [3.05, 3.63) is 58.6 Å². The third-order valence-corrected chi connectivity index (χ3v) is 5.42. The predicted molar refractivity (Wildman–Crippen MR) is 85.7 cm³/mol. The monoisotopic (exact) mass is 324 g/mol. The van der Waals surface area contributed by atoms with Gasteiger partial charge in [-0.3, -0.25) is 0 Å². The molecular formula is C15H17ClN2O2S. The Kier molecular flexibility index (Phi) is 4.56. The average Bonchev–Trinajstić information content (AvgIpc) is 2.38. The van der Waals surface area contributed by atoms with E-state index in [1.54, 1.807) is 0 Å². The second-order valence-electron chi connectivity index (χ2n) is 4.94. The van der Waals surface area contributed by atoms with E-state index < -0.39 is 10.0 Å². The van der Waals surface area contributed by atoms with Crippen molar-refractivity contribution in [2.75, 3.05) is 12.8 Å². The van der Waals surface area contributed by atoms with Gasteiger partial charge in [0.25, 0.3) is 0 Å². The Morgan fingerprint density at radius 2 is 1.90 bits per heavy atom. The lowest BCUT2D eigenvalue weighted by Crippen LogP contribution is -2.26.